The molecule has 2 aromatic rings. The fraction of sp³-hybridized carbons (Fsp3) is 0.0909. The molecule has 0 aliphatic heterocycles. The molecule has 0 bridgehead atoms. The highest BCUT2D eigenvalue weighted by molar-refractivity contribution is 9.10. The van der Waals surface area contributed by atoms with Crippen LogP contribution in [-0.4, -0.2) is 16.3 Å². The average molecular weight is 335 g/mol. The molecule has 0 aliphatic carbocycles. The number of hydrogen-bond acceptors (Lipinski definition) is 4. The van der Waals surface area contributed by atoms with Crippen molar-refractivity contribution in [1.29, 1.82) is 0 Å². The largest absolute Gasteiger partial charge is 0.573 e. The lowest BCUT2D eigenvalue weighted by Crippen LogP contribution is -2.17. The van der Waals surface area contributed by atoms with Crippen LogP contribution >= 0.6 is 15.9 Å². The van der Waals surface area contributed by atoms with E-state index in [-0.39, 0.29) is 11.6 Å². The van der Waals surface area contributed by atoms with Crippen LogP contribution in [0.15, 0.2) is 41.3 Å². The highest BCUT2D eigenvalue weighted by atomic mass is 79.9. The summed E-state index contributed by atoms with van der Waals surface area (Å²) in [6.07, 6.45) is -3.57. The Bertz CT molecular complexity index is 578. The van der Waals surface area contributed by atoms with Crippen molar-refractivity contribution in [3.63, 3.8) is 0 Å². The highest BCUT2D eigenvalue weighted by Crippen LogP contribution is 2.34. The molecular formula is C11H6BrF3N2O2. The first-order valence-corrected chi connectivity index (χ1v) is 5.73. The van der Waals surface area contributed by atoms with Gasteiger partial charge in [0.05, 0.1) is 0 Å². The molecule has 1 heterocycles. The van der Waals surface area contributed by atoms with Gasteiger partial charge < -0.3 is 9.47 Å². The van der Waals surface area contributed by atoms with Gasteiger partial charge in [0.2, 0.25) is 5.88 Å². The highest BCUT2D eigenvalue weighted by Gasteiger charge is 2.32. The summed E-state index contributed by atoms with van der Waals surface area (Å²) in [5, 5.41) is 0. The zero-order chi connectivity index (χ0) is 13.9. The van der Waals surface area contributed by atoms with Crippen molar-refractivity contribution >= 4 is 15.9 Å². The first-order chi connectivity index (χ1) is 8.94. The van der Waals surface area contributed by atoms with Gasteiger partial charge in [0.1, 0.15) is 10.9 Å². The van der Waals surface area contributed by atoms with E-state index in [4.69, 9.17) is 4.74 Å². The summed E-state index contributed by atoms with van der Waals surface area (Å²) in [6, 6.07) is 6.85. The van der Waals surface area contributed by atoms with Gasteiger partial charge in [-0.3, -0.25) is 0 Å². The second kappa shape index (κ2) is 5.43. The Kier molecular flexibility index (Phi) is 3.89. The maximum Gasteiger partial charge on any atom is 0.573 e. The van der Waals surface area contributed by atoms with E-state index in [1.54, 1.807) is 0 Å². The first kappa shape index (κ1) is 13.6. The number of hydrogen-bond donors (Lipinski definition) is 0. The molecule has 0 saturated carbocycles. The molecule has 0 fully saturated rings. The quantitative estimate of drug-likeness (QED) is 0.798. The van der Waals surface area contributed by atoms with Gasteiger partial charge >= 0.3 is 6.36 Å². The van der Waals surface area contributed by atoms with Gasteiger partial charge in [0.15, 0.2) is 11.5 Å². The lowest BCUT2D eigenvalue weighted by atomic mass is 10.3. The second-order valence-electron chi connectivity index (χ2n) is 3.28. The molecule has 0 unspecified atom stereocenters. The van der Waals surface area contributed by atoms with Gasteiger partial charge in [-0.1, -0.05) is 12.1 Å². The van der Waals surface area contributed by atoms with E-state index >= 15 is 0 Å². The van der Waals surface area contributed by atoms with Crippen LogP contribution in [0.4, 0.5) is 13.2 Å². The van der Waals surface area contributed by atoms with Crippen molar-refractivity contribution < 1.29 is 22.6 Å². The van der Waals surface area contributed by atoms with E-state index in [1.165, 1.54) is 30.6 Å². The third-order valence-corrected chi connectivity index (χ3v) is 2.33. The van der Waals surface area contributed by atoms with Crippen molar-refractivity contribution in [3.8, 4) is 17.4 Å². The van der Waals surface area contributed by atoms with Crippen LogP contribution < -0.4 is 9.47 Å². The number of nitrogens with zero attached hydrogens (tertiary/aromatic N) is 2. The van der Waals surface area contributed by atoms with Crippen molar-refractivity contribution in [1.82, 2.24) is 9.97 Å². The molecule has 0 radical (unpaired) electrons. The van der Waals surface area contributed by atoms with Crippen molar-refractivity contribution in [2.75, 3.05) is 0 Å². The van der Waals surface area contributed by atoms with Crippen molar-refractivity contribution in [2.45, 2.75) is 6.36 Å². The van der Waals surface area contributed by atoms with Gasteiger partial charge in [-0.05, 0) is 28.1 Å². The number of para-hydroxylation sites is 2. The monoisotopic (exact) mass is 334 g/mol. The van der Waals surface area contributed by atoms with Crippen LogP contribution in [0.3, 0.4) is 0 Å². The molecule has 0 atom stereocenters. The maximum atomic E-state index is 12.2. The molecule has 0 N–H and O–H groups in total. The molecule has 1 aromatic carbocycles. The Morgan fingerprint density at radius 3 is 2.37 bits per heavy atom. The van der Waals surface area contributed by atoms with Gasteiger partial charge in [-0.2, -0.15) is 0 Å². The summed E-state index contributed by atoms with van der Waals surface area (Å²) in [5.41, 5.74) is 0. The number of ether oxygens (including phenoxy) is 2. The summed E-state index contributed by atoms with van der Waals surface area (Å²) >= 11 is 3.10. The fourth-order valence-corrected chi connectivity index (χ4v) is 1.52. The van der Waals surface area contributed by atoms with E-state index in [0.717, 1.165) is 6.07 Å². The van der Waals surface area contributed by atoms with E-state index in [9.17, 15) is 13.2 Å². The molecule has 8 heteroatoms. The maximum absolute atomic E-state index is 12.2. The molecule has 19 heavy (non-hydrogen) atoms. The Hall–Kier alpha value is -1.83. The smallest absolute Gasteiger partial charge is 0.435 e. The van der Waals surface area contributed by atoms with Crippen LogP contribution in [0.25, 0.3) is 0 Å². The zero-order valence-corrected chi connectivity index (χ0v) is 10.8. The minimum atomic E-state index is -4.79. The third-order valence-electron chi connectivity index (χ3n) is 1.90. The van der Waals surface area contributed by atoms with Crippen molar-refractivity contribution in [3.05, 3.63) is 41.3 Å². The Labute approximate surface area is 114 Å². The number of aromatic nitrogens is 2. The predicted molar refractivity (Wildman–Crippen MR) is 62.9 cm³/mol. The van der Waals surface area contributed by atoms with Crippen LogP contribution in [0.1, 0.15) is 0 Å². The molecule has 0 saturated heterocycles. The van der Waals surface area contributed by atoms with Crippen LogP contribution in [0, 0.1) is 0 Å². The minimum absolute atomic E-state index is 0.0922. The predicted octanol–water partition coefficient (Wildman–Crippen LogP) is 3.93. The van der Waals surface area contributed by atoms with Gasteiger partial charge in [-0.15, -0.1) is 13.2 Å². The first-order valence-electron chi connectivity index (χ1n) is 4.94. The number of rotatable bonds is 3. The Balaban J connectivity index is 2.25. The standard InChI is InChI=1S/C11H6BrF3N2O2/c12-9-5-10(17-6-16-9)18-7-3-1-2-4-8(7)19-11(13,14)15/h1-6H. The van der Waals surface area contributed by atoms with E-state index in [1.807, 2.05) is 0 Å². The Morgan fingerprint density at radius 1 is 1.05 bits per heavy atom. The van der Waals surface area contributed by atoms with Crippen LogP contribution in [0.5, 0.6) is 17.4 Å². The molecule has 4 nitrogen and oxygen atoms in total. The summed E-state index contributed by atoms with van der Waals surface area (Å²) in [5.74, 6) is -0.435. The summed E-state index contributed by atoms with van der Waals surface area (Å²) in [6.45, 7) is 0. The van der Waals surface area contributed by atoms with Gasteiger partial charge in [0.25, 0.3) is 0 Å². The topological polar surface area (TPSA) is 44.2 Å². The summed E-state index contributed by atoms with van der Waals surface area (Å²) < 4.78 is 46.2. The van der Waals surface area contributed by atoms with Crippen molar-refractivity contribution in [2.24, 2.45) is 0 Å². The molecule has 2 rings (SSSR count). The lowest BCUT2D eigenvalue weighted by Gasteiger charge is -2.13. The number of benzene rings is 1. The molecule has 0 amide bonds. The molecule has 1 aromatic heterocycles. The fourth-order valence-electron chi connectivity index (χ4n) is 1.23. The van der Waals surface area contributed by atoms with Crippen LogP contribution in [-0.2, 0) is 0 Å². The molecule has 0 aliphatic rings. The average Bonchev–Trinajstić information content (AvgIpc) is 2.30. The van der Waals surface area contributed by atoms with Crippen LogP contribution in [0.2, 0.25) is 0 Å². The lowest BCUT2D eigenvalue weighted by molar-refractivity contribution is -0.275. The second-order valence-corrected chi connectivity index (χ2v) is 4.09. The minimum Gasteiger partial charge on any atom is -0.435 e. The molecule has 100 valence electrons. The summed E-state index contributed by atoms with van der Waals surface area (Å²) in [7, 11) is 0. The van der Waals surface area contributed by atoms with Gasteiger partial charge in [-0.25, -0.2) is 9.97 Å². The zero-order valence-electron chi connectivity index (χ0n) is 9.19. The SMILES string of the molecule is FC(F)(F)Oc1ccccc1Oc1cc(Br)ncn1. The molecule has 0 spiro atoms. The van der Waals surface area contributed by atoms with E-state index in [0.29, 0.717) is 4.60 Å². The normalized spacial score (nSPS) is 11.2. The Morgan fingerprint density at radius 2 is 1.74 bits per heavy atom. The third kappa shape index (κ3) is 4.09. The number of halogens is 4. The van der Waals surface area contributed by atoms with Gasteiger partial charge in [0, 0.05) is 6.07 Å². The summed E-state index contributed by atoms with van der Waals surface area (Å²) in [4.78, 5) is 7.55. The van der Waals surface area contributed by atoms with E-state index in [2.05, 4.69) is 30.6 Å². The molecular weight excluding hydrogens is 329 g/mol. The van der Waals surface area contributed by atoms with E-state index < -0.39 is 12.1 Å². The number of alkyl halides is 3.